The van der Waals surface area contributed by atoms with E-state index in [1.807, 2.05) is 10.3 Å². The van der Waals surface area contributed by atoms with E-state index in [2.05, 4.69) is 10.3 Å². The number of hydrogen-bond donors (Lipinski definition) is 1. The lowest BCUT2D eigenvalue weighted by molar-refractivity contribution is -0.138. The van der Waals surface area contributed by atoms with E-state index < -0.39 is 0 Å². The van der Waals surface area contributed by atoms with E-state index in [0.717, 1.165) is 25.7 Å². The van der Waals surface area contributed by atoms with Crippen molar-refractivity contribution in [3.8, 4) is 0 Å². The maximum absolute atomic E-state index is 12.4. The molecule has 0 bridgehead atoms. The SMILES string of the molecule is O=C(Nc1nccs1)C1CCN(C(=O)C2CCCC2)CC1. The fraction of sp³-hybridized carbons (Fsp3) is 0.667. The first kappa shape index (κ1) is 14.5. The molecule has 3 rings (SSSR count). The molecule has 1 aliphatic carbocycles. The second-order valence-corrected chi connectivity index (χ2v) is 6.80. The van der Waals surface area contributed by atoms with Gasteiger partial charge in [0.2, 0.25) is 11.8 Å². The van der Waals surface area contributed by atoms with Crippen LogP contribution < -0.4 is 5.32 Å². The second-order valence-electron chi connectivity index (χ2n) is 5.91. The maximum Gasteiger partial charge on any atom is 0.229 e. The average molecular weight is 307 g/mol. The summed E-state index contributed by atoms with van der Waals surface area (Å²) in [5.74, 6) is 0.594. The predicted octanol–water partition coefficient (Wildman–Crippen LogP) is 2.51. The van der Waals surface area contributed by atoms with Crippen LogP contribution in [0.1, 0.15) is 38.5 Å². The number of amides is 2. The zero-order valence-corrected chi connectivity index (χ0v) is 12.9. The molecule has 2 amide bonds. The lowest BCUT2D eigenvalue weighted by atomic mass is 9.94. The highest BCUT2D eigenvalue weighted by molar-refractivity contribution is 7.13. The lowest BCUT2D eigenvalue weighted by Crippen LogP contribution is -2.43. The van der Waals surface area contributed by atoms with Gasteiger partial charge < -0.3 is 10.2 Å². The number of aromatic nitrogens is 1. The van der Waals surface area contributed by atoms with Gasteiger partial charge in [-0.1, -0.05) is 12.8 Å². The van der Waals surface area contributed by atoms with Gasteiger partial charge >= 0.3 is 0 Å². The minimum absolute atomic E-state index is 0.00141. The fourth-order valence-corrected chi connectivity index (χ4v) is 3.82. The Labute approximate surface area is 128 Å². The van der Waals surface area contributed by atoms with Crippen molar-refractivity contribution < 1.29 is 9.59 Å². The number of carbonyl (C=O) groups is 2. The molecule has 2 fully saturated rings. The number of carbonyl (C=O) groups excluding carboxylic acids is 2. The summed E-state index contributed by atoms with van der Waals surface area (Å²) in [5, 5.41) is 5.36. The van der Waals surface area contributed by atoms with Crippen LogP contribution in [0.4, 0.5) is 5.13 Å². The molecule has 1 N–H and O–H groups in total. The number of nitrogens with one attached hydrogen (secondary N) is 1. The second kappa shape index (κ2) is 6.56. The first-order valence-corrected chi connectivity index (χ1v) is 8.61. The molecule has 1 saturated heterocycles. The molecule has 2 heterocycles. The quantitative estimate of drug-likeness (QED) is 0.933. The van der Waals surface area contributed by atoms with Crippen LogP contribution in [0.25, 0.3) is 0 Å². The van der Waals surface area contributed by atoms with Gasteiger partial charge in [-0.05, 0) is 25.7 Å². The molecule has 2 aliphatic rings. The summed E-state index contributed by atoms with van der Waals surface area (Å²) >= 11 is 1.43. The van der Waals surface area contributed by atoms with Gasteiger partial charge in [0, 0.05) is 36.5 Å². The third kappa shape index (κ3) is 3.43. The highest BCUT2D eigenvalue weighted by Crippen LogP contribution is 2.28. The molecular weight excluding hydrogens is 286 g/mol. The summed E-state index contributed by atoms with van der Waals surface area (Å²) in [6, 6.07) is 0. The van der Waals surface area contributed by atoms with Gasteiger partial charge in [-0.2, -0.15) is 0 Å². The molecule has 6 heteroatoms. The third-order valence-corrected chi connectivity index (χ3v) is 5.23. The molecule has 21 heavy (non-hydrogen) atoms. The van der Waals surface area contributed by atoms with Crippen molar-refractivity contribution >= 4 is 28.3 Å². The highest BCUT2D eigenvalue weighted by Gasteiger charge is 2.32. The molecule has 1 saturated carbocycles. The van der Waals surface area contributed by atoms with Gasteiger partial charge in [-0.25, -0.2) is 4.98 Å². The molecule has 1 aliphatic heterocycles. The van der Waals surface area contributed by atoms with E-state index in [1.165, 1.54) is 24.2 Å². The van der Waals surface area contributed by atoms with Gasteiger partial charge in [0.1, 0.15) is 0 Å². The van der Waals surface area contributed by atoms with Crippen molar-refractivity contribution in [1.29, 1.82) is 0 Å². The molecule has 0 radical (unpaired) electrons. The summed E-state index contributed by atoms with van der Waals surface area (Å²) in [6.07, 6.45) is 7.66. The predicted molar refractivity (Wildman–Crippen MR) is 82.0 cm³/mol. The Kier molecular flexibility index (Phi) is 4.53. The van der Waals surface area contributed by atoms with Gasteiger partial charge in [0.25, 0.3) is 0 Å². The van der Waals surface area contributed by atoms with E-state index in [0.29, 0.717) is 24.1 Å². The molecule has 114 valence electrons. The molecular formula is C15H21N3O2S. The topological polar surface area (TPSA) is 62.3 Å². The summed E-state index contributed by atoms with van der Waals surface area (Å²) < 4.78 is 0. The molecule has 5 nitrogen and oxygen atoms in total. The first-order chi connectivity index (χ1) is 10.2. The summed E-state index contributed by atoms with van der Waals surface area (Å²) in [5.41, 5.74) is 0. The Hall–Kier alpha value is -1.43. The summed E-state index contributed by atoms with van der Waals surface area (Å²) in [6.45, 7) is 1.43. The van der Waals surface area contributed by atoms with E-state index >= 15 is 0 Å². The van der Waals surface area contributed by atoms with Gasteiger partial charge in [0.05, 0.1) is 0 Å². The van der Waals surface area contributed by atoms with Gasteiger partial charge in [-0.3, -0.25) is 9.59 Å². The highest BCUT2D eigenvalue weighted by atomic mass is 32.1. The number of thiazole rings is 1. The van der Waals surface area contributed by atoms with E-state index in [4.69, 9.17) is 0 Å². The molecule has 0 spiro atoms. The summed E-state index contributed by atoms with van der Waals surface area (Å²) in [4.78, 5) is 30.5. The molecule has 0 aromatic carbocycles. The Morgan fingerprint density at radius 2 is 1.86 bits per heavy atom. The lowest BCUT2D eigenvalue weighted by Gasteiger charge is -2.32. The number of rotatable bonds is 3. The van der Waals surface area contributed by atoms with Crippen molar-refractivity contribution in [2.45, 2.75) is 38.5 Å². The largest absolute Gasteiger partial charge is 0.342 e. The maximum atomic E-state index is 12.4. The Balaban J connectivity index is 1.48. The Bertz CT molecular complexity index is 489. The van der Waals surface area contributed by atoms with Crippen LogP contribution >= 0.6 is 11.3 Å². The van der Waals surface area contributed by atoms with Crippen LogP contribution in [0.15, 0.2) is 11.6 Å². The van der Waals surface area contributed by atoms with Gasteiger partial charge in [-0.15, -0.1) is 11.3 Å². The van der Waals surface area contributed by atoms with Crippen LogP contribution in [0.3, 0.4) is 0 Å². The molecule has 0 unspecified atom stereocenters. The van der Waals surface area contributed by atoms with Crippen LogP contribution in [0.5, 0.6) is 0 Å². The van der Waals surface area contributed by atoms with E-state index in [9.17, 15) is 9.59 Å². The smallest absolute Gasteiger partial charge is 0.229 e. The van der Waals surface area contributed by atoms with Crippen molar-refractivity contribution in [2.75, 3.05) is 18.4 Å². The van der Waals surface area contributed by atoms with Gasteiger partial charge in [0.15, 0.2) is 5.13 Å². The van der Waals surface area contributed by atoms with Crippen molar-refractivity contribution in [3.05, 3.63) is 11.6 Å². The minimum Gasteiger partial charge on any atom is -0.342 e. The molecule has 1 aromatic rings. The monoisotopic (exact) mass is 307 g/mol. The molecule has 1 aromatic heterocycles. The van der Waals surface area contributed by atoms with Crippen molar-refractivity contribution in [3.63, 3.8) is 0 Å². The molecule has 0 atom stereocenters. The number of likely N-dealkylation sites (tertiary alicyclic amines) is 1. The average Bonchev–Trinajstić information content (AvgIpc) is 3.20. The number of anilines is 1. The first-order valence-electron chi connectivity index (χ1n) is 7.73. The normalized spacial score (nSPS) is 20.7. The van der Waals surface area contributed by atoms with Crippen LogP contribution in [0, 0.1) is 11.8 Å². The van der Waals surface area contributed by atoms with Crippen LogP contribution in [-0.2, 0) is 9.59 Å². The van der Waals surface area contributed by atoms with E-state index in [1.54, 1.807) is 6.20 Å². The number of hydrogen-bond acceptors (Lipinski definition) is 4. The zero-order valence-electron chi connectivity index (χ0n) is 12.1. The van der Waals surface area contributed by atoms with Crippen molar-refractivity contribution in [1.82, 2.24) is 9.88 Å². The number of piperidine rings is 1. The standard InChI is InChI=1S/C15H21N3O2S/c19-13(17-15-16-7-10-21-15)11-5-8-18(9-6-11)14(20)12-3-1-2-4-12/h7,10-12H,1-6,8-9H2,(H,16,17,19). The minimum atomic E-state index is 0.00141. The third-order valence-electron chi connectivity index (χ3n) is 4.54. The number of nitrogens with zero attached hydrogens (tertiary/aromatic N) is 2. The fourth-order valence-electron chi connectivity index (χ4n) is 3.29. The Morgan fingerprint density at radius 1 is 1.14 bits per heavy atom. The Morgan fingerprint density at radius 3 is 2.48 bits per heavy atom. The van der Waals surface area contributed by atoms with E-state index in [-0.39, 0.29) is 17.7 Å². The summed E-state index contributed by atoms with van der Waals surface area (Å²) in [7, 11) is 0. The van der Waals surface area contributed by atoms with Crippen LogP contribution in [-0.4, -0.2) is 34.8 Å². The van der Waals surface area contributed by atoms with Crippen LogP contribution in [0.2, 0.25) is 0 Å². The zero-order chi connectivity index (χ0) is 14.7. The van der Waals surface area contributed by atoms with Crippen molar-refractivity contribution in [2.24, 2.45) is 11.8 Å².